The number of hydrogen-bond acceptors (Lipinski definition) is 1. The van der Waals surface area contributed by atoms with Gasteiger partial charge in [-0.2, -0.15) is 0 Å². The van der Waals surface area contributed by atoms with Crippen molar-refractivity contribution < 1.29 is 4.42 Å². The summed E-state index contributed by atoms with van der Waals surface area (Å²) in [6, 6.07) is 68.0. The van der Waals surface area contributed by atoms with Crippen molar-refractivity contribution in [2.75, 3.05) is 0 Å². The van der Waals surface area contributed by atoms with E-state index in [0.29, 0.717) is 0 Å². The highest BCUT2D eigenvalue weighted by molar-refractivity contribution is 6.16. The Bertz CT molecular complexity index is 3160. The maximum absolute atomic E-state index is 6.32. The average molecular weight is 662 g/mol. The standard InChI is InChI=1S/C50H31NO/c1-2-11-38-35(10-1)30-45(41-13-4-3-12-40(38)41)36-26-29-48-46(31-36)42-14-5-7-18-47(42)51(48)37-27-24-33(25-28-37)32-20-22-34(23-21-32)39-16-9-17-44-43-15-6-8-19-49(43)52-50(39)44/h1-31H. The van der Waals surface area contributed by atoms with E-state index in [1.54, 1.807) is 0 Å². The second kappa shape index (κ2) is 11.3. The summed E-state index contributed by atoms with van der Waals surface area (Å²) in [7, 11) is 0. The van der Waals surface area contributed by atoms with Crippen molar-refractivity contribution in [2.45, 2.75) is 0 Å². The van der Waals surface area contributed by atoms with Crippen LogP contribution in [0.5, 0.6) is 0 Å². The van der Waals surface area contributed by atoms with Gasteiger partial charge in [0.05, 0.1) is 11.0 Å². The number of aromatic nitrogens is 1. The van der Waals surface area contributed by atoms with Crippen LogP contribution >= 0.6 is 0 Å². The normalized spacial score (nSPS) is 11.8. The van der Waals surface area contributed by atoms with Gasteiger partial charge >= 0.3 is 0 Å². The van der Waals surface area contributed by atoms with Crippen LogP contribution in [0.25, 0.3) is 104 Å². The summed E-state index contributed by atoms with van der Waals surface area (Å²) in [5.74, 6) is 0. The van der Waals surface area contributed by atoms with Gasteiger partial charge in [0.1, 0.15) is 11.2 Å². The van der Waals surface area contributed by atoms with Crippen LogP contribution in [-0.4, -0.2) is 4.57 Å². The first-order valence-electron chi connectivity index (χ1n) is 17.8. The predicted molar refractivity (Wildman–Crippen MR) is 219 cm³/mol. The van der Waals surface area contributed by atoms with Crippen molar-refractivity contribution in [2.24, 2.45) is 0 Å². The molecule has 11 rings (SSSR count). The van der Waals surface area contributed by atoms with Crippen molar-refractivity contribution >= 4 is 65.3 Å². The molecule has 2 aromatic heterocycles. The molecular weight excluding hydrogens is 631 g/mol. The molecule has 0 N–H and O–H groups in total. The summed E-state index contributed by atoms with van der Waals surface area (Å²) in [5, 5.41) is 9.93. The predicted octanol–water partition coefficient (Wildman–Crippen LogP) is 14.0. The van der Waals surface area contributed by atoms with Gasteiger partial charge in [0.25, 0.3) is 0 Å². The molecule has 2 heterocycles. The number of para-hydroxylation sites is 3. The third-order valence-corrected chi connectivity index (χ3v) is 10.8. The first-order valence-corrected chi connectivity index (χ1v) is 17.8. The molecule has 0 atom stereocenters. The van der Waals surface area contributed by atoms with Gasteiger partial charge in [-0.3, -0.25) is 0 Å². The Kier molecular flexibility index (Phi) is 6.28. The minimum absolute atomic E-state index is 0.920. The Balaban J connectivity index is 0.976. The quantitative estimate of drug-likeness (QED) is 0.172. The van der Waals surface area contributed by atoms with E-state index in [-0.39, 0.29) is 0 Å². The summed E-state index contributed by atoms with van der Waals surface area (Å²) in [4.78, 5) is 0. The largest absolute Gasteiger partial charge is 0.455 e. The molecule has 0 spiro atoms. The summed E-state index contributed by atoms with van der Waals surface area (Å²) < 4.78 is 8.72. The summed E-state index contributed by atoms with van der Waals surface area (Å²) in [6.45, 7) is 0. The number of benzene rings is 9. The van der Waals surface area contributed by atoms with Crippen molar-refractivity contribution in [3.63, 3.8) is 0 Å². The lowest BCUT2D eigenvalue weighted by molar-refractivity contribution is 0.670. The van der Waals surface area contributed by atoms with Crippen LogP contribution in [0.4, 0.5) is 0 Å². The van der Waals surface area contributed by atoms with Crippen molar-refractivity contribution in [1.29, 1.82) is 0 Å². The van der Waals surface area contributed by atoms with Crippen LogP contribution in [-0.2, 0) is 0 Å². The molecule has 0 unspecified atom stereocenters. The van der Waals surface area contributed by atoms with Crippen molar-refractivity contribution in [1.82, 2.24) is 4.57 Å². The molecule has 0 radical (unpaired) electrons. The van der Waals surface area contributed by atoms with E-state index in [9.17, 15) is 0 Å². The van der Waals surface area contributed by atoms with E-state index < -0.39 is 0 Å². The van der Waals surface area contributed by atoms with E-state index in [4.69, 9.17) is 4.42 Å². The molecule has 11 aromatic rings. The van der Waals surface area contributed by atoms with Crippen LogP contribution < -0.4 is 0 Å². The fraction of sp³-hybridized carbons (Fsp3) is 0. The van der Waals surface area contributed by atoms with E-state index in [2.05, 4.69) is 180 Å². The smallest absolute Gasteiger partial charge is 0.143 e. The Labute approximate surface area is 300 Å². The van der Waals surface area contributed by atoms with Crippen LogP contribution in [0, 0.1) is 0 Å². The first kappa shape index (κ1) is 28.9. The molecule has 242 valence electrons. The molecule has 0 aliphatic rings. The SMILES string of the molecule is c1ccc2c(c1)cc(-c1ccc3c(c1)c1ccccc1n3-c1ccc(-c3ccc(-c4cccc5c4oc4ccccc45)cc3)cc1)c1ccccc12. The fourth-order valence-electron chi connectivity index (χ4n) is 8.33. The highest BCUT2D eigenvalue weighted by Gasteiger charge is 2.16. The highest BCUT2D eigenvalue weighted by atomic mass is 16.3. The van der Waals surface area contributed by atoms with Gasteiger partial charge in [-0.05, 0) is 91.8 Å². The molecule has 2 heteroatoms. The van der Waals surface area contributed by atoms with Gasteiger partial charge in [-0.1, -0.05) is 146 Å². The zero-order valence-electron chi connectivity index (χ0n) is 28.3. The van der Waals surface area contributed by atoms with Gasteiger partial charge in [0.15, 0.2) is 0 Å². The topological polar surface area (TPSA) is 18.1 Å². The maximum atomic E-state index is 6.32. The minimum Gasteiger partial charge on any atom is -0.455 e. The van der Waals surface area contributed by atoms with E-state index in [1.165, 1.54) is 65.6 Å². The number of rotatable bonds is 4. The molecule has 0 amide bonds. The van der Waals surface area contributed by atoms with Crippen molar-refractivity contribution in [3.8, 4) is 39.1 Å². The van der Waals surface area contributed by atoms with Crippen LogP contribution in [0.3, 0.4) is 0 Å². The molecule has 52 heavy (non-hydrogen) atoms. The van der Waals surface area contributed by atoms with Gasteiger partial charge in [-0.15, -0.1) is 0 Å². The van der Waals surface area contributed by atoms with E-state index in [0.717, 1.165) is 38.8 Å². The first-order chi connectivity index (χ1) is 25.8. The molecule has 0 fully saturated rings. The third kappa shape index (κ3) is 4.38. The van der Waals surface area contributed by atoms with Crippen LogP contribution in [0.2, 0.25) is 0 Å². The van der Waals surface area contributed by atoms with Gasteiger partial charge in [0, 0.05) is 32.8 Å². The van der Waals surface area contributed by atoms with Crippen LogP contribution in [0.15, 0.2) is 192 Å². The Hall–Kier alpha value is -6.90. The zero-order valence-corrected chi connectivity index (χ0v) is 28.3. The number of furan rings is 1. The van der Waals surface area contributed by atoms with Crippen molar-refractivity contribution in [3.05, 3.63) is 188 Å². The van der Waals surface area contributed by atoms with Gasteiger partial charge in [0.2, 0.25) is 0 Å². The lowest BCUT2D eigenvalue weighted by Gasteiger charge is -2.12. The second-order valence-electron chi connectivity index (χ2n) is 13.7. The van der Waals surface area contributed by atoms with Gasteiger partial charge in [-0.25, -0.2) is 0 Å². The number of hydrogen-bond donors (Lipinski definition) is 0. The number of nitrogens with zero attached hydrogens (tertiary/aromatic N) is 1. The Morgan fingerprint density at radius 2 is 0.923 bits per heavy atom. The average Bonchev–Trinajstić information content (AvgIpc) is 3.76. The molecule has 0 aliphatic carbocycles. The molecule has 0 aliphatic heterocycles. The number of fused-ring (bicyclic) bond motifs is 9. The maximum Gasteiger partial charge on any atom is 0.143 e. The molecule has 0 saturated carbocycles. The third-order valence-electron chi connectivity index (χ3n) is 10.8. The van der Waals surface area contributed by atoms with Gasteiger partial charge < -0.3 is 8.98 Å². The minimum atomic E-state index is 0.920. The lowest BCUT2D eigenvalue weighted by Crippen LogP contribution is -1.94. The summed E-state index contributed by atoms with van der Waals surface area (Å²) in [5.41, 5.74) is 12.5. The monoisotopic (exact) mass is 661 g/mol. The zero-order chi connectivity index (χ0) is 34.2. The lowest BCUT2D eigenvalue weighted by atomic mass is 9.92. The molecular formula is C50H31NO. The van der Waals surface area contributed by atoms with E-state index >= 15 is 0 Å². The Morgan fingerprint density at radius 1 is 0.327 bits per heavy atom. The van der Waals surface area contributed by atoms with Crippen LogP contribution in [0.1, 0.15) is 0 Å². The second-order valence-corrected chi connectivity index (χ2v) is 13.7. The summed E-state index contributed by atoms with van der Waals surface area (Å²) in [6.07, 6.45) is 0. The molecule has 0 bridgehead atoms. The molecule has 2 nitrogen and oxygen atoms in total. The van der Waals surface area contributed by atoms with E-state index in [1.807, 2.05) is 12.1 Å². The summed E-state index contributed by atoms with van der Waals surface area (Å²) >= 11 is 0. The molecule has 0 saturated heterocycles. The fourth-order valence-corrected chi connectivity index (χ4v) is 8.33. The molecule has 9 aromatic carbocycles. The highest BCUT2D eigenvalue weighted by Crippen LogP contribution is 2.40. The Morgan fingerprint density at radius 3 is 1.75 bits per heavy atom.